The van der Waals surface area contributed by atoms with E-state index in [-0.39, 0.29) is 17.2 Å². The first kappa shape index (κ1) is 11.7. The summed E-state index contributed by atoms with van der Waals surface area (Å²) in [5.41, 5.74) is 5.75. The minimum Gasteiger partial charge on any atom is -0.321 e. The Hall–Kier alpha value is -0.370. The van der Waals surface area contributed by atoms with Crippen molar-refractivity contribution in [3.8, 4) is 0 Å². The van der Waals surface area contributed by atoms with Crippen molar-refractivity contribution in [2.75, 3.05) is 0 Å². The molecule has 1 aliphatic rings. The second-order valence-corrected chi connectivity index (χ2v) is 5.54. The molecule has 1 atom stereocenters. The summed E-state index contributed by atoms with van der Waals surface area (Å²) >= 11 is 0. The Morgan fingerprint density at radius 3 is 2.14 bits per heavy atom. The highest BCUT2D eigenvalue weighted by Gasteiger charge is 2.32. The molecule has 82 valence electrons. The minimum atomic E-state index is -0.281. The van der Waals surface area contributed by atoms with Crippen LogP contribution in [0, 0.1) is 11.3 Å². The SMILES string of the molecule is CC(C)(C)C(=O)[C@@H](N)C1CCCCC1. The van der Waals surface area contributed by atoms with E-state index in [4.69, 9.17) is 5.73 Å². The van der Waals surface area contributed by atoms with E-state index in [0.29, 0.717) is 5.92 Å². The smallest absolute Gasteiger partial charge is 0.155 e. The van der Waals surface area contributed by atoms with Gasteiger partial charge in [-0.2, -0.15) is 0 Å². The molecule has 0 saturated heterocycles. The number of hydrogen-bond acceptors (Lipinski definition) is 2. The molecular formula is C12H23NO. The Kier molecular flexibility index (Phi) is 3.71. The van der Waals surface area contributed by atoms with E-state index in [1.165, 1.54) is 19.3 Å². The first-order valence-corrected chi connectivity index (χ1v) is 5.73. The normalized spacial score (nSPS) is 22.0. The highest BCUT2D eigenvalue weighted by Crippen LogP contribution is 2.29. The summed E-state index contributed by atoms with van der Waals surface area (Å²) in [5, 5.41) is 0. The van der Waals surface area contributed by atoms with E-state index in [2.05, 4.69) is 0 Å². The van der Waals surface area contributed by atoms with Crippen LogP contribution >= 0.6 is 0 Å². The van der Waals surface area contributed by atoms with Gasteiger partial charge in [0.15, 0.2) is 5.78 Å². The van der Waals surface area contributed by atoms with Gasteiger partial charge in [0.1, 0.15) is 0 Å². The summed E-state index contributed by atoms with van der Waals surface area (Å²) in [6.07, 6.45) is 6.09. The van der Waals surface area contributed by atoms with Gasteiger partial charge in [-0.3, -0.25) is 4.79 Å². The van der Waals surface area contributed by atoms with E-state index in [1.54, 1.807) is 0 Å². The molecule has 0 aromatic carbocycles. The van der Waals surface area contributed by atoms with Crippen molar-refractivity contribution >= 4 is 5.78 Å². The summed E-state index contributed by atoms with van der Waals surface area (Å²) in [7, 11) is 0. The lowest BCUT2D eigenvalue weighted by atomic mass is 9.76. The fourth-order valence-corrected chi connectivity index (χ4v) is 2.21. The maximum Gasteiger partial charge on any atom is 0.155 e. The number of ketones is 1. The summed E-state index contributed by atoms with van der Waals surface area (Å²) in [5.74, 6) is 0.667. The molecule has 1 fully saturated rings. The van der Waals surface area contributed by atoms with Crippen molar-refractivity contribution in [2.45, 2.75) is 58.9 Å². The van der Waals surface area contributed by atoms with Crippen LogP contribution in [0.4, 0.5) is 0 Å². The van der Waals surface area contributed by atoms with Gasteiger partial charge in [0.25, 0.3) is 0 Å². The van der Waals surface area contributed by atoms with Crippen molar-refractivity contribution in [1.82, 2.24) is 0 Å². The number of hydrogen-bond donors (Lipinski definition) is 1. The van der Waals surface area contributed by atoms with Crippen molar-refractivity contribution in [3.63, 3.8) is 0 Å². The average molecular weight is 197 g/mol. The molecule has 0 unspecified atom stereocenters. The molecule has 1 rings (SSSR count). The van der Waals surface area contributed by atoms with E-state index in [0.717, 1.165) is 12.8 Å². The van der Waals surface area contributed by atoms with Gasteiger partial charge in [0.05, 0.1) is 6.04 Å². The van der Waals surface area contributed by atoms with E-state index in [9.17, 15) is 4.79 Å². The maximum atomic E-state index is 11.9. The van der Waals surface area contributed by atoms with Gasteiger partial charge < -0.3 is 5.73 Å². The molecule has 0 amide bonds. The third-order valence-corrected chi connectivity index (χ3v) is 3.20. The molecule has 0 aromatic heterocycles. The second-order valence-electron chi connectivity index (χ2n) is 5.54. The zero-order chi connectivity index (χ0) is 10.8. The Labute approximate surface area is 87.2 Å². The fraction of sp³-hybridized carbons (Fsp3) is 0.917. The van der Waals surface area contributed by atoms with Crippen LogP contribution in [0.1, 0.15) is 52.9 Å². The monoisotopic (exact) mass is 197 g/mol. The van der Waals surface area contributed by atoms with Gasteiger partial charge in [-0.1, -0.05) is 40.0 Å². The van der Waals surface area contributed by atoms with Crippen molar-refractivity contribution in [1.29, 1.82) is 0 Å². The lowest BCUT2D eigenvalue weighted by Crippen LogP contribution is -2.44. The molecule has 0 bridgehead atoms. The lowest BCUT2D eigenvalue weighted by Gasteiger charge is -2.30. The summed E-state index contributed by atoms with van der Waals surface area (Å²) < 4.78 is 0. The molecule has 2 nitrogen and oxygen atoms in total. The predicted octanol–water partition coefficient (Wildman–Crippen LogP) is 2.51. The Morgan fingerprint density at radius 1 is 1.21 bits per heavy atom. The maximum absolute atomic E-state index is 11.9. The van der Waals surface area contributed by atoms with Crippen LogP contribution in [-0.2, 0) is 4.79 Å². The van der Waals surface area contributed by atoms with Gasteiger partial charge >= 0.3 is 0 Å². The zero-order valence-corrected chi connectivity index (χ0v) is 9.68. The third-order valence-electron chi connectivity index (χ3n) is 3.20. The molecule has 14 heavy (non-hydrogen) atoms. The van der Waals surface area contributed by atoms with Gasteiger partial charge in [-0.15, -0.1) is 0 Å². The van der Waals surface area contributed by atoms with Crippen LogP contribution in [0.15, 0.2) is 0 Å². The van der Waals surface area contributed by atoms with Gasteiger partial charge in [0.2, 0.25) is 0 Å². The first-order chi connectivity index (χ1) is 6.43. The molecule has 0 aromatic rings. The van der Waals surface area contributed by atoms with Gasteiger partial charge in [-0.25, -0.2) is 0 Å². The standard InChI is InChI=1S/C12H23NO/c1-12(2,3)11(14)10(13)9-7-5-4-6-8-9/h9-10H,4-8,13H2,1-3H3/t10-/m0/s1. The van der Waals surface area contributed by atoms with Crippen LogP contribution in [0.25, 0.3) is 0 Å². The van der Waals surface area contributed by atoms with E-state index in [1.807, 2.05) is 20.8 Å². The number of carbonyl (C=O) groups is 1. The first-order valence-electron chi connectivity index (χ1n) is 5.73. The second kappa shape index (κ2) is 4.43. The molecule has 0 spiro atoms. The lowest BCUT2D eigenvalue weighted by molar-refractivity contribution is -0.129. The summed E-state index contributed by atoms with van der Waals surface area (Å²) in [6.45, 7) is 5.87. The molecule has 1 saturated carbocycles. The summed E-state index contributed by atoms with van der Waals surface area (Å²) in [6, 6.07) is -0.227. The number of Topliss-reactive ketones (excluding diaryl/α,β-unsaturated/α-hetero) is 1. The Balaban J connectivity index is 2.55. The summed E-state index contributed by atoms with van der Waals surface area (Å²) in [4.78, 5) is 11.9. The molecular weight excluding hydrogens is 174 g/mol. The number of carbonyl (C=O) groups excluding carboxylic acids is 1. The largest absolute Gasteiger partial charge is 0.321 e. The fourth-order valence-electron chi connectivity index (χ4n) is 2.21. The van der Waals surface area contributed by atoms with Crippen LogP contribution in [0.2, 0.25) is 0 Å². The number of nitrogens with two attached hydrogens (primary N) is 1. The Morgan fingerprint density at radius 2 is 1.71 bits per heavy atom. The predicted molar refractivity (Wildman–Crippen MR) is 59.0 cm³/mol. The topological polar surface area (TPSA) is 43.1 Å². The highest BCUT2D eigenvalue weighted by molar-refractivity contribution is 5.88. The third kappa shape index (κ3) is 2.81. The molecule has 2 N–H and O–H groups in total. The van der Waals surface area contributed by atoms with Crippen LogP contribution < -0.4 is 5.73 Å². The molecule has 0 aliphatic heterocycles. The molecule has 0 heterocycles. The van der Waals surface area contributed by atoms with Gasteiger partial charge in [0, 0.05) is 5.41 Å². The molecule has 1 aliphatic carbocycles. The average Bonchev–Trinajstić information content (AvgIpc) is 2.15. The van der Waals surface area contributed by atoms with Crippen molar-refractivity contribution < 1.29 is 4.79 Å². The van der Waals surface area contributed by atoms with Crippen LogP contribution in [0.5, 0.6) is 0 Å². The Bertz CT molecular complexity index is 199. The quantitative estimate of drug-likeness (QED) is 0.739. The minimum absolute atomic E-state index is 0.226. The molecule has 0 radical (unpaired) electrons. The van der Waals surface area contributed by atoms with E-state index < -0.39 is 0 Å². The van der Waals surface area contributed by atoms with Crippen LogP contribution in [0.3, 0.4) is 0 Å². The highest BCUT2D eigenvalue weighted by atomic mass is 16.1. The van der Waals surface area contributed by atoms with Crippen molar-refractivity contribution in [3.05, 3.63) is 0 Å². The zero-order valence-electron chi connectivity index (χ0n) is 9.68. The molecule has 2 heteroatoms. The van der Waals surface area contributed by atoms with Crippen molar-refractivity contribution in [2.24, 2.45) is 17.1 Å². The van der Waals surface area contributed by atoms with E-state index >= 15 is 0 Å². The number of rotatable bonds is 2. The van der Waals surface area contributed by atoms with Gasteiger partial charge in [-0.05, 0) is 18.8 Å². The van der Waals surface area contributed by atoms with Crippen LogP contribution in [-0.4, -0.2) is 11.8 Å².